The van der Waals surface area contributed by atoms with E-state index in [0.29, 0.717) is 0 Å². The van der Waals surface area contributed by atoms with Crippen molar-refractivity contribution < 1.29 is 0 Å². The van der Waals surface area contributed by atoms with Crippen LogP contribution in [0, 0.1) is 0 Å². The molecular formula is C15H18N2. The van der Waals surface area contributed by atoms with Crippen LogP contribution in [-0.4, -0.2) is 18.1 Å². The van der Waals surface area contributed by atoms with Crippen LogP contribution in [-0.2, 0) is 0 Å². The number of hydrogen-bond acceptors (Lipinski definition) is 2. The zero-order valence-corrected chi connectivity index (χ0v) is 10.4. The zero-order chi connectivity index (χ0) is 12.1. The van der Waals surface area contributed by atoms with Crippen LogP contribution in [0.15, 0.2) is 42.1 Å². The van der Waals surface area contributed by atoms with E-state index >= 15 is 0 Å². The van der Waals surface area contributed by atoms with Crippen molar-refractivity contribution in [2.75, 3.05) is 13.1 Å². The molecule has 0 fully saturated rings. The van der Waals surface area contributed by atoms with Crippen LogP contribution in [0.3, 0.4) is 0 Å². The van der Waals surface area contributed by atoms with Gasteiger partial charge in [0.05, 0.1) is 5.52 Å². The fourth-order valence-corrected chi connectivity index (χ4v) is 1.88. The number of rotatable bonds is 4. The number of fused-ring (bicyclic) bond motifs is 1. The second-order valence-corrected chi connectivity index (χ2v) is 4.19. The summed E-state index contributed by atoms with van der Waals surface area (Å²) in [6.07, 6.45) is 4.05. The first-order valence-corrected chi connectivity index (χ1v) is 6.03. The Kier molecular flexibility index (Phi) is 3.89. The number of nitrogens with one attached hydrogen (secondary N) is 1. The average Bonchev–Trinajstić information content (AvgIpc) is 2.37. The van der Waals surface area contributed by atoms with Crippen LogP contribution in [0.2, 0.25) is 0 Å². The SMILES string of the molecule is CCNCC(C)=Cc1cccc2cccnc12. The number of aromatic nitrogens is 1. The second-order valence-electron chi connectivity index (χ2n) is 4.19. The van der Waals surface area contributed by atoms with Gasteiger partial charge in [-0.2, -0.15) is 0 Å². The molecule has 0 saturated heterocycles. The van der Waals surface area contributed by atoms with Gasteiger partial charge in [0.15, 0.2) is 0 Å². The van der Waals surface area contributed by atoms with E-state index in [-0.39, 0.29) is 0 Å². The summed E-state index contributed by atoms with van der Waals surface area (Å²) in [5, 5.41) is 4.52. The topological polar surface area (TPSA) is 24.9 Å². The molecule has 0 bridgehead atoms. The quantitative estimate of drug-likeness (QED) is 0.865. The minimum absolute atomic E-state index is 0.930. The van der Waals surface area contributed by atoms with Crippen molar-refractivity contribution >= 4 is 17.0 Å². The highest BCUT2D eigenvalue weighted by atomic mass is 14.8. The molecular weight excluding hydrogens is 208 g/mol. The van der Waals surface area contributed by atoms with Crippen LogP contribution in [0.5, 0.6) is 0 Å². The number of nitrogens with zero attached hydrogens (tertiary/aromatic N) is 1. The fraction of sp³-hybridized carbons (Fsp3) is 0.267. The summed E-state index contributed by atoms with van der Waals surface area (Å²) in [5.41, 5.74) is 3.59. The van der Waals surface area contributed by atoms with Crippen molar-refractivity contribution in [1.29, 1.82) is 0 Å². The largest absolute Gasteiger partial charge is 0.313 e. The van der Waals surface area contributed by atoms with Crippen LogP contribution < -0.4 is 5.32 Å². The summed E-state index contributed by atoms with van der Waals surface area (Å²) in [6, 6.07) is 10.4. The van der Waals surface area contributed by atoms with E-state index in [1.54, 1.807) is 0 Å². The molecule has 1 heterocycles. The van der Waals surface area contributed by atoms with Crippen molar-refractivity contribution in [2.24, 2.45) is 0 Å². The van der Waals surface area contributed by atoms with Gasteiger partial charge in [-0.3, -0.25) is 4.98 Å². The van der Waals surface area contributed by atoms with Gasteiger partial charge in [-0.1, -0.05) is 42.8 Å². The maximum Gasteiger partial charge on any atom is 0.0774 e. The summed E-state index contributed by atoms with van der Waals surface area (Å²) in [6.45, 7) is 6.19. The molecule has 0 unspecified atom stereocenters. The molecule has 0 amide bonds. The lowest BCUT2D eigenvalue weighted by Gasteiger charge is -2.04. The molecule has 2 aromatic rings. The Balaban J connectivity index is 2.35. The lowest BCUT2D eigenvalue weighted by molar-refractivity contribution is 0.779. The lowest BCUT2D eigenvalue weighted by atomic mass is 10.1. The maximum absolute atomic E-state index is 4.45. The molecule has 1 aromatic carbocycles. The highest BCUT2D eigenvalue weighted by Crippen LogP contribution is 2.18. The van der Waals surface area contributed by atoms with E-state index in [9.17, 15) is 0 Å². The van der Waals surface area contributed by atoms with Gasteiger partial charge in [0.2, 0.25) is 0 Å². The summed E-state index contributed by atoms with van der Waals surface area (Å²) in [4.78, 5) is 4.45. The predicted molar refractivity (Wildman–Crippen MR) is 73.9 cm³/mol. The second kappa shape index (κ2) is 5.60. The van der Waals surface area contributed by atoms with E-state index in [1.807, 2.05) is 12.3 Å². The molecule has 1 aromatic heterocycles. The molecule has 0 aliphatic heterocycles. The van der Waals surface area contributed by atoms with Gasteiger partial charge in [-0.25, -0.2) is 0 Å². The van der Waals surface area contributed by atoms with E-state index in [2.05, 4.69) is 54.5 Å². The predicted octanol–water partition coefficient (Wildman–Crippen LogP) is 3.25. The first-order chi connectivity index (χ1) is 8.31. The number of hydrogen-bond donors (Lipinski definition) is 1. The highest BCUT2D eigenvalue weighted by molar-refractivity contribution is 5.87. The Bertz CT molecular complexity index is 524. The minimum atomic E-state index is 0.930. The number of benzene rings is 1. The third-order valence-electron chi connectivity index (χ3n) is 2.72. The number of para-hydroxylation sites is 1. The molecule has 2 nitrogen and oxygen atoms in total. The molecule has 0 atom stereocenters. The fourth-order valence-electron chi connectivity index (χ4n) is 1.88. The normalized spacial score (nSPS) is 12.0. The standard InChI is InChI=1S/C15H18N2/c1-3-16-11-12(2)10-14-7-4-6-13-8-5-9-17-15(13)14/h4-10,16H,3,11H2,1-2H3. The van der Waals surface area contributed by atoms with Crippen molar-refractivity contribution in [3.8, 4) is 0 Å². The zero-order valence-electron chi connectivity index (χ0n) is 10.4. The van der Waals surface area contributed by atoms with Crippen LogP contribution in [0.4, 0.5) is 0 Å². The monoisotopic (exact) mass is 226 g/mol. The van der Waals surface area contributed by atoms with Gasteiger partial charge in [0.1, 0.15) is 0 Å². The van der Waals surface area contributed by atoms with Crippen molar-refractivity contribution in [3.05, 3.63) is 47.7 Å². The van der Waals surface area contributed by atoms with E-state index in [4.69, 9.17) is 0 Å². The molecule has 0 aliphatic carbocycles. The third-order valence-corrected chi connectivity index (χ3v) is 2.72. The Morgan fingerprint density at radius 2 is 2.12 bits per heavy atom. The van der Waals surface area contributed by atoms with E-state index in [1.165, 1.54) is 16.5 Å². The van der Waals surface area contributed by atoms with Crippen molar-refractivity contribution in [1.82, 2.24) is 10.3 Å². The van der Waals surface area contributed by atoms with E-state index < -0.39 is 0 Å². The Morgan fingerprint density at radius 3 is 2.94 bits per heavy atom. The molecule has 88 valence electrons. The summed E-state index contributed by atoms with van der Waals surface area (Å²) in [5.74, 6) is 0. The molecule has 0 aliphatic rings. The molecule has 0 spiro atoms. The number of likely N-dealkylation sites (N-methyl/N-ethyl adjacent to an activating group) is 1. The molecule has 0 saturated carbocycles. The Labute approximate surface area is 102 Å². The average molecular weight is 226 g/mol. The lowest BCUT2D eigenvalue weighted by Crippen LogP contribution is -2.14. The van der Waals surface area contributed by atoms with Gasteiger partial charge in [0, 0.05) is 23.7 Å². The van der Waals surface area contributed by atoms with Gasteiger partial charge in [-0.15, -0.1) is 0 Å². The van der Waals surface area contributed by atoms with Gasteiger partial charge in [0.25, 0.3) is 0 Å². The maximum atomic E-state index is 4.45. The molecule has 2 rings (SSSR count). The van der Waals surface area contributed by atoms with Crippen LogP contribution in [0.25, 0.3) is 17.0 Å². The van der Waals surface area contributed by atoms with E-state index in [0.717, 1.165) is 18.6 Å². The van der Waals surface area contributed by atoms with Gasteiger partial charge in [-0.05, 0) is 19.5 Å². The highest BCUT2D eigenvalue weighted by Gasteiger charge is 1.99. The first kappa shape index (κ1) is 11.8. The van der Waals surface area contributed by atoms with Crippen molar-refractivity contribution in [2.45, 2.75) is 13.8 Å². The third kappa shape index (κ3) is 2.92. The molecule has 0 radical (unpaired) electrons. The summed E-state index contributed by atoms with van der Waals surface area (Å²) >= 11 is 0. The summed E-state index contributed by atoms with van der Waals surface area (Å²) in [7, 11) is 0. The molecule has 17 heavy (non-hydrogen) atoms. The Morgan fingerprint density at radius 1 is 1.29 bits per heavy atom. The molecule has 1 N–H and O–H groups in total. The number of pyridine rings is 1. The van der Waals surface area contributed by atoms with Crippen LogP contribution >= 0.6 is 0 Å². The van der Waals surface area contributed by atoms with Gasteiger partial charge < -0.3 is 5.32 Å². The van der Waals surface area contributed by atoms with Crippen molar-refractivity contribution in [3.63, 3.8) is 0 Å². The minimum Gasteiger partial charge on any atom is -0.313 e. The van der Waals surface area contributed by atoms with Crippen LogP contribution in [0.1, 0.15) is 19.4 Å². The van der Waals surface area contributed by atoms with Gasteiger partial charge >= 0.3 is 0 Å². The summed E-state index contributed by atoms with van der Waals surface area (Å²) < 4.78 is 0. The smallest absolute Gasteiger partial charge is 0.0774 e. The first-order valence-electron chi connectivity index (χ1n) is 6.03. The Hall–Kier alpha value is -1.67. The molecule has 2 heteroatoms.